The number of methoxy groups -OCH3 is 1. The largest absolute Gasteiger partial charge is 0.496 e. The number of pyridine rings is 1. The molecule has 0 fully saturated rings. The first-order valence-electron chi connectivity index (χ1n) is 6.38. The van der Waals surface area contributed by atoms with E-state index in [1.807, 2.05) is 25.1 Å². The molecule has 3 rings (SSSR count). The molecule has 2 heterocycles. The highest BCUT2D eigenvalue weighted by Crippen LogP contribution is 2.30. The van der Waals surface area contributed by atoms with Gasteiger partial charge in [0.05, 0.1) is 12.7 Å². The van der Waals surface area contributed by atoms with Crippen LogP contribution in [-0.2, 0) is 0 Å². The first-order valence-corrected chi connectivity index (χ1v) is 6.38. The topological polar surface area (TPSA) is 87.1 Å². The van der Waals surface area contributed by atoms with Gasteiger partial charge in [0.2, 0.25) is 5.82 Å². The molecule has 0 unspecified atom stereocenters. The van der Waals surface area contributed by atoms with Crippen molar-refractivity contribution in [3.05, 3.63) is 42.1 Å². The van der Waals surface area contributed by atoms with E-state index in [-0.39, 0.29) is 0 Å². The van der Waals surface area contributed by atoms with E-state index < -0.39 is 0 Å². The fourth-order valence-corrected chi connectivity index (χ4v) is 2.01. The predicted molar refractivity (Wildman–Crippen MR) is 78.7 cm³/mol. The Labute approximate surface area is 121 Å². The molecule has 0 bridgehead atoms. The van der Waals surface area contributed by atoms with Crippen molar-refractivity contribution in [3.63, 3.8) is 0 Å². The van der Waals surface area contributed by atoms with Crippen LogP contribution < -0.4 is 10.5 Å². The number of nitrogen functional groups attached to an aromatic ring is 1. The van der Waals surface area contributed by atoms with Gasteiger partial charge in [0.15, 0.2) is 0 Å². The zero-order valence-corrected chi connectivity index (χ0v) is 11.7. The average molecular weight is 282 g/mol. The summed E-state index contributed by atoms with van der Waals surface area (Å²) in [6.07, 6.45) is 1.60. The Hall–Kier alpha value is -2.89. The summed E-state index contributed by atoms with van der Waals surface area (Å²) >= 11 is 0. The lowest BCUT2D eigenvalue weighted by Crippen LogP contribution is -1.91. The third kappa shape index (κ3) is 2.55. The Balaban J connectivity index is 2.02. The van der Waals surface area contributed by atoms with Gasteiger partial charge in [-0.15, -0.1) is 0 Å². The summed E-state index contributed by atoms with van der Waals surface area (Å²) in [6.45, 7) is 1.99. The van der Waals surface area contributed by atoms with E-state index in [1.165, 1.54) is 0 Å². The number of ether oxygens (including phenoxy) is 1. The predicted octanol–water partition coefficient (Wildman–Crippen LogP) is 2.70. The first kappa shape index (κ1) is 13.1. The SMILES string of the molecule is COc1cc(C)ccc1-c1noc(-c2ccnc(N)c2)n1. The fraction of sp³-hybridized carbons (Fsp3) is 0.133. The number of nitrogens with zero attached hydrogens (tertiary/aromatic N) is 3. The minimum absolute atomic E-state index is 0.390. The summed E-state index contributed by atoms with van der Waals surface area (Å²) in [5.74, 6) is 1.97. The summed E-state index contributed by atoms with van der Waals surface area (Å²) in [4.78, 5) is 8.32. The van der Waals surface area contributed by atoms with E-state index in [2.05, 4.69) is 15.1 Å². The number of hydrogen-bond acceptors (Lipinski definition) is 6. The van der Waals surface area contributed by atoms with Crippen molar-refractivity contribution in [2.75, 3.05) is 12.8 Å². The third-order valence-electron chi connectivity index (χ3n) is 3.05. The molecule has 2 aromatic heterocycles. The fourth-order valence-electron chi connectivity index (χ4n) is 2.01. The van der Waals surface area contributed by atoms with Crippen molar-refractivity contribution in [1.82, 2.24) is 15.1 Å². The van der Waals surface area contributed by atoms with E-state index in [0.29, 0.717) is 23.3 Å². The second kappa shape index (κ2) is 5.24. The molecule has 0 saturated carbocycles. The third-order valence-corrected chi connectivity index (χ3v) is 3.05. The van der Waals surface area contributed by atoms with Gasteiger partial charge in [0.1, 0.15) is 11.6 Å². The molecule has 0 atom stereocenters. The Morgan fingerprint density at radius 3 is 2.81 bits per heavy atom. The molecule has 0 radical (unpaired) electrons. The molecule has 1 aromatic carbocycles. The molecule has 106 valence electrons. The highest BCUT2D eigenvalue weighted by atomic mass is 16.5. The second-order valence-corrected chi connectivity index (χ2v) is 4.60. The highest BCUT2D eigenvalue weighted by Gasteiger charge is 2.14. The van der Waals surface area contributed by atoms with Crippen LogP contribution in [0.3, 0.4) is 0 Å². The molecular formula is C15H14N4O2. The number of hydrogen-bond donors (Lipinski definition) is 1. The summed E-state index contributed by atoms with van der Waals surface area (Å²) in [7, 11) is 1.61. The minimum atomic E-state index is 0.390. The lowest BCUT2D eigenvalue weighted by Gasteiger charge is -2.05. The number of rotatable bonds is 3. The van der Waals surface area contributed by atoms with Crippen molar-refractivity contribution in [2.24, 2.45) is 0 Å². The maximum Gasteiger partial charge on any atom is 0.258 e. The molecule has 0 saturated heterocycles. The van der Waals surface area contributed by atoms with E-state index in [0.717, 1.165) is 16.7 Å². The summed E-state index contributed by atoms with van der Waals surface area (Å²) in [5, 5.41) is 4.00. The number of aryl methyl sites for hydroxylation is 1. The molecular weight excluding hydrogens is 268 g/mol. The molecule has 0 amide bonds. The van der Waals surface area contributed by atoms with E-state index in [4.69, 9.17) is 15.0 Å². The zero-order valence-electron chi connectivity index (χ0n) is 11.7. The Bertz CT molecular complexity index is 783. The van der Waals surface area contributed by atoms with E-state index in [1.54, 1.807) is 25.4 Å². The molecule has 3 aromatic rings. The van der Waals surface area contributed by atoms with Crippen LogP contribution in [0.2, 0.25) is 0 Å². The van der Waals surface area contributed by atoms with E-state index >= 15 is 0 Å². The van der Waals surface area contributed by atoms with Crippen LogP contribution in [0.15, 0.2) is 41.1 Å². The van der Waals surface area contributed by atoms with Crippen LogP contribution >= 0.6 is 0 Å². The van der Waals surface area contributed by atoms with Gasteiger partial charge in [-0.3, -0.25) is 0 Å². The molecule has 0 aliphatic carbocycles. The quantitative estimate of drug-likeness (QED) is 0.794. The van der Waals surface area contributed by atoms with Crippen LogP contribution in [0.5, 0.6) is 5.75 Å². The number of nitrogens with two attached hydrogens (primary N) is 1. The standard InChI is InChI=1S/C15H14N4O2/c1-9-3-4-11(12(7-9)20-2)14-18-15(21-19-14)10-5-6-17-13(16)8-10/h3-8H,1-2H3,(H2,16,17). The number of benzene rings is 1. The molecule has 0 aliphatic rings. The van der Waals surface area contributed by atoms with Gasteiger partial charge < -0.3 is 15.0 Å². The molecule has 0 spiro atoms. The van der Waals surface area contributed by atoms with Crippen LogP contribution in [0.1, 0.15) is 5.56 Å². The maximum atomic E-state index is 5.66. The Morgan fingerprint density at radius 2 is 2.05 bits per heavy atom. The molecule has 6 heteroatoms. The normalized spacial score (nSPS) is 10.6. The van der Waals surface area contributed by atoms with Crippen LogP contribution in [0.4, 0.5) is 5.82 Å². The van der Waals surface area contributed by atoms with Crippen LogP contribution in [-0.4, -0.2) is 22.2 Å². The smallest absolute Gasteiger partial charge is 0.258 e. The van der Waals surface area contributed by atoms with Gasteiger partial charge in [-0.25, -0.2) is 4.98 Å². The van der Waals surface area contributed by atoms with Crippen molar-refractivity contribution >= 4 is 5.82 Å². The minimum Gasteiger partial charge on any atom is -0.496 e. The monoisotopic (exact) mass is 282 g/mol. The first-order chi connectivity index (χ1) is 10.2. The molecule has 21 heavy (non-hydrogen) atoms. The van der Waals surface area contributed by atoms with Gasteiger partial charge >= 0.3 is 0 Å². The lowest BCUT2D eigenvalue weighted by molar-refractivity contribution is 0.413. The highest BCUT2D eigenvalue weighted by molar-refractivity contribution is 5.67. The lowest BCUT2D eigenvalue weighted by atomic mass is 10.1. The second-order valence-electron chi connectivity index (χ2n) is 4.60. The van der Waals surface area contributed by atoms with Gasteiger partial charge in [0, 0.05) is 11.8 Å². The molecule has 6 nitrogen and oxygen atoms in total. The van der Waals surface area contributed by atoms with Gasteiger partial charge in [-0.2, -0.15) is 4.98 Å². The van der Waals surface area contributed by atoms with Crippen molar-refractivity contribution in [3.8, 4) is 28.6 Å². The van der Waals surface area contributed by atoms with Gasteiger partial charge in [-0.1, -0.05) is 11.2 Å². The summed E-state index contributed by atoms with van der Waals surface area (Å²) < 4.78 is 10.7. The molecule has 0 aliphatic heterocycles. The average Bonchev–Trinajstić information content (AvgIpc) is 2.96. The summed E-state index contributed by atoms with van der Waals surface area (Å²) in [5.41, 5.74) is 8.26. The number of aromatic nitrogens is 3. The van der Waals surface area contributed by atoms with Gasteiger partial charge in [0.25, 0.3) is 5.89 Å². The molecule has 2 N–H and O–H groups in total. The van der Waals surface area contributed by atoms with Crippen molar-refractivity contribution in [1.29, 1.82) is 0 Å². The van der Waals surface area contributed by atoms with E-state index in [9.17, 15) is 0 Å². The van der Waals surface area contributed by atoms with Gasteiger partial charge in [-0.05, 0) is 36.8 Å². The Kier molecular flexibility index (Phi) is 3.27. The summed E-state index contributed by atoms with van der Waals surface area (Å²) in [6, 6.07) is 9.25. The maximum absolute atomic E-state index is 5.66. The van der Waals surface area contributed by atoms with Crippen molar-refractivity contribution < 1.29 is 9.26 Å². The Morgan fingerprint density at radius 1 is 1.19 bits per heavy atom. The van der Waals surface area contributed by atoms with Crippen LogP contribution in [0, 0.1) is 6.92 Å². The number of anilines is 1. The van der Waals surface area contributed by atoms with Crippen molar-refractivity contribution in [2.45, 2.75) is 6.92 Å². The van der Waals surface area contributed by atoms with Crippen LogP contribution in [0.25, 0.3) is 22.8 Å². The zero-order chi connectivity index (χ0) is 14.8.